The van der Waals surface area contributed by atoms with Gasteiger partial charge >= 0.3 is 5.97 Å². The molecular weight excluding hydrogens is 456 g/mol. The van der Waals surface area contributed by atoms with Crippen LogP contribution in [0.25, 0.3) is 17.4 Å². The van der Waals surface area contributed by atoms with Gasteiger partial charge in [0.05, 0.1) is 15.3 Å². The van der Waals surface area contributed by atoms with E-state index in [0.717, 1.165) is 22.3 Å². The van der Waals surface area contributed by atoms with Crippen molar-refractivity contribution in [2.75, 3.05) is 0 Å². The quantitative estimate of drug-likeness (QED) is 0.416. The summed E-state index contributed by atoms with van der Waals surface area (Å²) in [4.78, 5) is 37.0. The predicted octanol–water partition coefficient (Wildman–Crippen LogP) is 4.56. The van der Waals surface area contributed by atoms with Crippen LogP contribution < -0.4 is 5.43 Å². The summed E-state index contributed by atoms with van der Waals surface area (Å²) in [7, 11) is 0. The summed E-state index contributed by atoms with van der Waals surface area (Å²) in [5.74, 6) is -1.02. The number of benzene rings is 1. The van der Waals surface area contributed by atoms with Gasteiger partial charge in [0.1, 0.15) is 11.5 Å². The number of hydrogen-bond donors (Lipinski definition) is 2. The number of carbonyl (C=O) groups is 3. The molecule has 1 saturated heterocycles. The van der Waals surface area contributed by atoms with Crippen molar-refractivity contribution >= 4 is 63.5 Å². The predicted molar refractivity (Wildman–Crippen MR) is 123 cm³/mol. The second-order valence-electron chi connectivity index (χ2n) is 6.47. The maximum Gasteiger partial charge on any atom is 0.335 e. The first-order valence-corrected chi connectivity index (χ1v) is 11.0. The van der Waals surface area contributed by atoms with Gasteiger partial charge in [0.15, 0.2) is 4.32 Å². The Hall–Kier alpha value is -3.21. The number of carboxylic acids is 1. The summed E-state index contributed by atoms with van der Waals surface area (Å²) in [6.07, 6.45) is 1.54. The van der Waals surface area contributed by atoms with Gasteiger partial charge in [-0.3, -0.25) is 15.0 Å². The minimum absolute atomic E-state index is 0.154. The molecule has 1 aromatic carbocycles. The molecule has 31 heavy (non-hydrogen) atoms. The standard InChI is InChI=1S/C21H14N2O5S3/c1-11-4-5-12(20(26)27)9-14(11)15-7-6-13(28-15)10-17-19(25)23(21(29)31-17)22-18(24)16-3-2-8-30-16/h2-10H,1H3,(H,22,24)(H,26,27)/b17-10-. The molecular formula is C21H14N2O5S3. The topological polar surface area (TPSA) is 99.9 Å². The number of carboxylic acid groups (broad SMARTS) is 1. The van der Waals surface area contributed by atoms with Gasteiger partial charge in [-0.15, -0.1) is 11.3 Å². The molecule has 4 rings (SSSR count). The van der Waals surface area contributed by atoms with Gasteiger partial charge in [-0.1, -0.05) is 23.9 Å². The van der Waals surface area contributed by atoms with Crippen molar-refractivity contribution in [2.45, 2.75) is 6.92 Å². The molecule has 2 amide bonds. The van der Waals surface area contributed by atoms with Crippen LogP contribution >= 0.6 is 35.3 Å². The Bertz CT molecular complexity index is 1240. The van der Waals surface area contributed by atoms with Crippen molar-refractivity contribution in [3.05, 3.63) is 74.5 Å². The number of aryl methyl sites for hydroxylation is 1. The van der Waals surface area contributed by atoms with E-state index in [1.807, 2.05) is 6.92 Å². The number of nitrogens with one attached hydrogen (secondary N) is 1. The van der Waals surface area contributed by atoms with Gasteiger partial charge in [-0.05, 0) is 60.4 Å². The van der Waals surface area contributed by atoms with Crippen LogP contribution in [0.4, 0.5) is 0 Å². The van der Waals surface area contributed by atoms with E-state index in [4.69, 9.17) is 16.6 Å². The van der Waals surface area contributed by atoms with Crippen molar-refractivity contribution in [3.8, 4) is 11.3 Å². The number of thiophene rings is 1. The molecule has 0 unspecified atom stereocenters. The number of furan rings is 1. The van der Waals surface area contributed by atoms with Gasteiger partial charge in [0.25, 0.3) is 11.8 Å². The first-order chi connectivity index (χ1) is 14.8. The van der Waals surface area contributed by atoms with E-state index in [0.29, 0.717) is 26.9 Å². The van der Waals surface area contributed by atoms with Crippen molar-refractivity contribution in [3.63, 3.8) is 0 Å². The molecule has 1 fully saturated rings. The number of aromatic carboxylic acids is 1. The highest BCUT2D eigenvalue weighted by atomic mass is 32.2. The van der Waals surface area contributed by atoms with E-state index in [9.17, 15) is 19.5 Å². The number of rotatable bonds is 5. The zero-order valence-electron chi connectivity index (χ0n) is 15.9. The highest BCUT2D eigenvalue weighted by molar-refractivity contribution is 8.26. The van der Waals surface area contributed by atoms with Gasteiger partial charge in [-0.25, -0.2) is 4.79 Å². The Labute approximate surface area is 190 Å². The number of thiocarbonyl (C=S) groups is 1. The monoisotopic (exact) mass is 470 g/mol. The Kier molecular flexibility index (Phi) is 5.77. The van der Waals surface area contributed by atoms with Gasteiger partial charge in [0.2, 0.25) is 0 Å². The zero-order chi connectivity index (χ0) is 22.1. The van der Waals surface area contributed by atoms with Crippen molar-refractivity contribution in [1.29, 1.82) is 0 Å². The van der Waals surface area contributed by atoms with Crippen molar-refractivity contribution in [1.82, 2.24) is 10.4 Å². The number of amides is 2. The first kappa shape index (κ1) is 21.0. The van der Waals surface area contributed by atoms with E-state index in [2.05, 4.69) is 5.43 Å². The van der Waals surface area contributed by atoms with Gasteiger partial charge < -0.3 is 9.52 Å². The van der Waals surface area contributed by atoms with Crippen molar-refractivity contribution < 1.29 is 23.9 Å². The Morgan fingerprint density at radius 3 is 2.74 bits per heavy atom. The summed E-state index contributed by atoms with van der Waals surface area (Å²) in [5.41, 5.74) is 4.18. The number of hydrazine groups is 1. The Morgan fingerprint density at radius 1 is 1.23 bits per heavy atom. The highest BCUT2D eigenvalue weighted by Crippen LogP contribution is 2.33. The average molecular weight is 471 g/mol. The van der Waals surface area contributed by atoms with E-state index < -0.39 is 17.8 Å². The van der Waals surface area contributed by atoms with Crippen LogP contribution in [0.5, 0.6) is 0 Å². The molecule has 2 aromatic heterocycles. The Morgan fingerprint density at radius 2 is 2.03 bits per heavy atom. The van der Waals surface area contributed by atoms with Crippen LogP contribution in [0.2, 0.25) is 0 Å². The van der Waals surface area contributed by atoms with Gasteiger partial charge in [-0.2, -0.15) is 5.01 Å². The smallest absolute Gasteiger partial charge is 0.335 e. The molecule has 3 aromatic rings. The van der Waals surface area contributed by atoms with E-state index in [1.165, 1.54) is 23.5 Å². The fraction of sp³-hybridized carbons (Fsp3) is 0.0476. The molecule has 0 atom stereocenters. The molecule has 0 bridgehead atoms. The van der Waals surface area contributed by atoms with E-state index in [-0.39, 0.29) is 9.88 Å². The third-order valence-electron chi connectivity index (χ3n) is 4.40. The summed E-state index contributed by atoms with van der Waals surface area (Å²) in [5, 5.41) is 12.0. The molecule has 7 nitrogen and oxygen atoms in total. The largest absolute Gasteiger partial charge is 0.478 e. The molecule has 1 aliphatic heterocycles. The lowest BCUT2D eigenvalue weighted by molar-refractivity contribution is -0.123. The van der Waals surface area contributed by atoms with E-state index in [1.54, 1.807) is 41.8 Å². The summed E-state index contributed by atoms with van der Waals surface area (Å²) < 4.78 is 6.03. The number of hydrogen-bond acceptors (Lipinski definition) is 7. The van der Waals surface area contributed by atoms with Crippen molar-refractivity contribution in [2.24, 2.45) is 0 Å². The third kappa shape index (κ3) is 4.31. The first-order valence-electron chi connectivity index (χ1n) is 8.90. The second-order valence-corrected chi connectivity index (χ2v) is 9.10. The molecule has 0 aliphatic carbocycles. The molecule has 0 saturated carbocycles. The van der Waals surface area contributed by atoms with Crippen LogP contribution in [-0.2, 0) is 4.79 Å². The van der Waals surface area contributed by atoms with Crippen LogP contribution in [0.1, 0.15) is 31.4 Å². The number of thioether (sulfide) groups is 1. The molecule has 2 N–H and O–H groups in total. The van der Waals surface area contributed by atoms with Crippen LogP contribution in [0, 0.1) is 6.92 Å². The fourth-order valence-corrected chi connectivity index (χ4v) is 4.63. The minimum Gasteiger partial charge on any atom is -0.478 e. The maximum atomic E-state index is 12.7. The fourth-order valence-electron chi connectivity index (χ4n) is 2.85. The van der Waals surface area contributed by atoms with Gasteiger partial charge in [0, 0.05) is 11.6 Å². The molecule has 0 spiro atoms. The van der Waals surface area contributed by atoms with Crippen LogP contribution in [0.15, 0.2) is 57.2 Å². The lowest BCUT2D eigenvalue weighted by Crippen LogP contribution is -2.44. The molecule has 156 valence electrons. The zero-order valence-corrected chi connectivity index (χ0v) is 18.4. The molecule has 0 radical (unpaired) electrons. The second kappa shape index (κ2) is 8.50. The molecule has 10 heteroatoms. The third-order valence-corrected chi connectivity index (χ3v) is 6.57. The SMILES string of the molecule is Cc1ccc(C(=O)O)cc1-c1ccc(/C=C2\SC(=S)N(NC(=O)c3cccs3)C2=O)o1. The highest BCUT2D eigenvalue weighted by Gasteiger charge is 2.34. The number of carbonyl (C=O) groups excluding carboxylic acids is 2. The number of nitrogens with zero attached hydrogens (tertiary/aromatic N) is 1. The minimum atomic E-state index is -1.03. The average Bonchev–Trinajstić information content (AvgIpc) is 3.47. The lowest BCUT2D eigenvalue weighted by atomic mass is 10.0. The van der Waals surface area contributed by atoms with Crippen LogP contribution in [0.3, 0.4) is 0 Å². The summed E-state index contributed by atoms with van der Waals surface area (Å²) in [6.45, 7) is 1.85. The van der Waals surface area contributed by atoms with E-state index >= 15 is 0 Å². The molecule has 1 aliphatic rings. The normalized spacial score (nSPS) is 15.0. The lowest BCUT2D eigenvalue weighted by Gasteiger charge is -2.14. The summed E-state index contributed by atoms with van der Waals surface area (Å²) >= 11 is 7.53. The molecule has 3 heterocycles. The summed E-state index contributed by atoms with van der Waals surface area (Å²) in [6, 6.07) is 11.6. The van der Waals surface area contributed by atoms with Crippen LogP contribution in [-0.4, -0.2) is 32.2 Å². The Balaban J connectivity index is 1.55. The maximum absolute atomic E-state index is 12.7.